The molecule has 2 heterocycles. The fourth-order valence-corrected chi connectivity index (χ4v) is 3.11. The molecule has 0 aliphatic heterocycles. The first-order chi connectivity index (χ1) is 12.1. The number of nitrogens with one attached hydrogen (secondary N) is 2. The van der Waals surface area contributed by atoms with Crippen LogP contribution in [0.25, 0.3) is 0 Å². The molecule has 0 aliphatic rings. The third kappa shape index (κ3) is 4.87. The van der Waals surface area contributed by atoms with E-state index >= 15 is 0 Å². The molecule has 0 spiro atoms. The molecule has 0 saturated carbocycles. The van der Waals surface area contributed by atoms with Gasteiger partial charge < -0.3 is 10.6 Å². The predicted octanol–water partition coefficient (Wildman–Crippen LogP) is 2.45. The maximum atomic E-state index is 12.9. The summed E-state index contributed by atoms with van der Waals surface area (Å²) in [4.78, 5) is 17.0. The number of rotatable bonds is 7. The minimum atomic E-state index is -0.262. The van der Waals surface area contributed by atoms with E-state index in [0.717, 1.165) is 16.4 Å². The molecule has 0 radical (unpaired) electrons. The van der Waals surface area contributed by atoms with Crippen molar-refractivity contribution in [1.82, 2.24) is 20.1 Å². The van der Waals surface area contributed by atoms with Crippen molar-refractivity contribution < 1.29 is 9.18 Å². The molecule has 0 unspecified atom stereocenters. The predicted molar refractivity (Wildman–Crippen MR) is 95.4 cm³/mol. The molecule has 25 heavy (non-hydrogen) atoms. The Balaban J connectivity index is 1.46. The second kappa shape index (κ2) is 7.89. The highest BCUT2D eigenvalue weighted by Gasteiger charge is 2.10. The van der Waals surface area contributed by atoms with Gasteiger partial charge in [-0.15, -0.1) is 11.3 Å². The van der Waals surface area contributed by atoms with Crippen molar-refractivity contribution in [2.24, 2.45) is 7.05 Å². The molecule has 3 rings (SSSR count). The van der Waals surface area contributed by atoms with Crippen molar-refractivity contribution in [3.8, 4) is 0 Å². The molecule has 2 aromatic heterocycles. The number of carbonyl (C=O) groups is 1. The van der Waals surface area contributed by atoms with Crippen LogP contribution in [-0.2, 0) is 13.5 Å². The number of amides is 1. The molecule has 130 valence electrons. The van der Waals surface area contributed by atoms with E-state index in [1.165, 1.54) is 23.5 Å². The first-order valence-corrected chi connectivity index (χ1v) is 8.62. The molecule has 6 nitrogen and oxygen atoms in total. The Morgan fingerprint density at radius 2 is 2.04 bits per heavy atom. The number of hydrogen-bond acceptors (Lipinski definition) is 5. The Hall–Kier alpha value is -2.74. The lowest BCUT2D eigenvalue weighted by molar-refractivity contribution is 0.0959. The fraction of sp³-hybridized carbons (Fsp3) is 0.235. The summed E-state index contributed by atoms with van der Waals surface area (Å²) >= 11 is 1.34. The number of halogens is 1. The molecule has 0 saturated heterocycles. The van der Waals surface area contributed by atoms with E-state index < -0.39 is 0 Å². The molecule has 0 aliphatic carbocycles. The summed E-state index contributed by atoms with van der Waals surface area (Å²) < 4.78 is 14.6. The van der Waals surface area contributed by atoms with Crippen LogP contribution in [0, 0.1) is 5.82 Å². The van der Waals surface area contributed by atoms with Crippen molar-refractivity contribution in [2.75, 3.05) is 18.4 Å². The molecule has 0 fully saturated rings. The monoisotopic (exact) mass is 359 g/mol. The average Bonchev–Trinajstić information content (AvgIpc) is 3.23. The Morgan fingerprint density at radius 1 is 1.24 bits per heavy atom. The molecule has 8 heteroatoms. The number of hydrogen-bond donors (Lipinski definition) is 2. The summed E-state index contributed by atoms with van der Waals surface area (Å²) in [7, 11) is 1.85. The van der Waals surface area contributed by atoms with Gasteiger partial charge in [-0.3, -0.25) is 9.48 Å². The van der Waals surface area contributed by atoms with E-state index in [1.807, 2.05) is 19.3 Å². The summed E-state index contributed by atoms with van der Waals surface area (Å²) in [5, 5.41) is 11.0. The van der Waals surface area contributed by atoms with Gasteiger partial charge in [0.15, 0.2) is 0 Å². The van der Waals surface area contributed by atoms with Gasteiger partial charge in [0.1, 0.15) is 16.5 Å². The van der Waals surface area contributed by atoms with Crippen LogP contribution in [0.2, 0.25) is 0 Å². The molecular formula is C17H18FN5OS. The molecule has 1 amide bonds. The summed E-state index contributed by atoms with van der Waals surface area (Å²) in [6.07, 6.45) is 4.01. The quantitative estimate of drug-likeness (QED) is 0.636. The van der Waals surface area contributed by atoms with Crippen molar-refractivity contribution in [2.45, 2.75) is 6.42 Å². The fourth-order valence-electron chi connectivity index (χ4n) is 2.24. The minimum absolute atomic E-state index is 0.148. The van der Waals surface area contributed by atoms with Crippen LogP contribution in [-0.4, -0.2) is 33.8 Å². The Kier molecular flexibility index (Phi) is 5.39. The van der Waals surface area contributed by atoms with Gasteiger partial charge in [-0.2, -0.15) is 5.10 Å². The van der Waals surface area contributed by atoms with E-state index in [0.29, 0.717) is 24.4 Å². The molecule has 0 bridgehead atoms. The highest BCUT2D eigenvalue weighted by molar-refractivity contribution is 7.13. The second-order valence-electron chi connectivity index (χ2n) is 5.48. The van der Waals surface area contributed by atoms with Gasteiger partial charge in [-0.05, 0) is 17.7 Å². The van der Waals surface area contributed by atoms with Crippen molar-refractivity contribution in [3.63, 3.8) is 0 Å². The van der Waals surface area contributed by atoms with E-state index in [4.69, 9.17) is 0 Å². The molecule has 1 aromatic carbocycles. The number of anilines is 1. The highest BCUT2D eigenvalue weighted by Crippen LogP contribution is 2.17. The largest absolute Gasteiger partial charge is 0.367 e. The number of aromatic nitrogens is 3. The molecule has 0 atom stereocenters. The van der Waals surface area contributed by atoms with E-state index in [-0.39, 0.29) is 11.7 Å². The van der Waals surface area contributed by atoms with Crippen LogP contribution in [0.4, 0.5) is 10.2 Å². The minimum Gasteiger partial charge on any atom is -0.367 e. The normalized spacial score (nSPS) is 10.6. The van der Waals surface area contributed by atoms with Crippen molar-refractivity contribution in [1.29, 1.82) is 0 Å². The molecule has 2 N–H and O–H groups in total. The zero-order valence-electron chi connectivity index (χ0n) is 13.7. The Labute approximate surface area is 148 Å². The van der Waals surface area contributed by atoms with Gasteiger partial charge in [-0.25, -0.2) is 9.37 Å². The van der Waals surface area contributed by atoms with Crippen molar-refractivity contribution in [3.05, 3.63) is 64.0 Å². The number of nitrogens with zero attached hydrogens (tertiary/aromatic N) is 3. The van der Waals surface area contributed by atoms with E-state index in [2.05, 4.69) is 20.7 Å². The maximum absolute atomic E-state index is 12.9. The lowest BCUT2D eigenvalue weighted by Crippen LogP contribution is -2.28. The Bertz CT molecular complexity index is 843. The second-order valence-corrected chi connectivity index (χ2v) is 6.59. The Morgan fingerprint density at radius 3 is 2.76 bits per heavy atom. The van der Waals surface area contributed by atoms with E-state index in [9.17, 15) is 9.18 Å². The first-order valence-electron chi connectivity index (χ1n) is 7.81. The number of carbonyl (C=O) groups excluding carboxylic acids is 1. The van der Waals surface area contributed by atoms with Crippen LogP contribution in [0.1, 0.15) is 20.2 Å². The highest BCUT2D eigenvalue weighted by atomic mass is 32.1. The van der Waals surface area contributed by atoms with Crippen LogP contribution in [0.3, 0.4) is 0 Å². The van der Waals surface area contributed by atoms with Crippen molar-refractivity contribution >= 4 is 23.1 Å². The third-order valence-electron chi connectivity index (χ3n) is 3.48. The SMILES string of the molecule is Cn1ccc(NCCNC(=O)c2cnc(Cc3ccc(F)cc3)s2)n1. The number of aryl methyl sites for hydroxylation is 1. The zero-order chi connectivity index (χ0) is 17.6. The lowest BCUT2D eigenvalue weighted by Gasteiger charge is -2.04. The lowest BCUT2D eigenvalue weighted by atomic mass is 10.2. The van der Waals surface area contributed by atoms with Crippen LogP contribution in [0.15, 0.2) is 42.7 Å². The molecular weight excluding hydrogens is 341 g/mol. The third-order valence-corrected chi connectivity index (χ3v) is 4.47. The average molecular weight is 359 g/mol. The van der Waals surface area contributed by atoms with Gasteiger partial charge in [0, 0.05) is 38.8 Å². The summed E-state index contributed by atoms with van der Waals surface area (Å²) in [6, 6.07) is 8.16. The van der Waals surface area contributed by atoms with Gasteiger partial charge >= 0.3 is 0 Å². The number of thiazole rings is 1. The maximum Gasteiger partial charge on any atom is 0.263 e. The smallest absolute Gasteiger partial charge is 0.263 e. The van der Waals surface area contributed by atoms with Crippen LogP contribution < -0.4 is 10.6 Å². The van der Waals surface area contributed by atoms with Crippen LogP contribution >= 0.6 is 11.3 Å². The summed E-state index contributed by atoms with van der Waals surface area (Å²) in [5.41, 5.74) is 0.960. The van der Waals surface area contributed by atoms with Gasteiger partial charge in [-0.1, -0.05) is 12.1 Å². The van der Waals surface area contributed by atoms with Gasteiger partial charge in [0.25, 0.3) is 5.91 Å². The summed E-state index contributed by atoms with van der Waals surface area (Å²) in [5.74, 6) is 0.365. The molecule has 3 aromatic rings. The zero-order valence-corrected chi connectivity index (χ0v) is 14.5. The topological polar surface area (TPSA) is 71.8 Å². The summed E-state index contributed by atoms with van der Waals surface area (Å²) in [6.45, 7) is 1.07. The van der Waals surface area contributed by atoms with Crippen LogP contribution in [0.5, 0.6) is 0 Å². The van der Waals surface area contributed by atoms with Gasteiger partial charge in [0.05, 0.1) is 11.2 Å². The van der Waals surface area contributed by atoms with E-state index in [1.54, 1.807) is 23.0 Å². The first kappa shape index (κ1) is 17.1. The standard InChI is InChI=1S/C17H18FN5OS/c1-23-9-6-15(22-23)19-7-8-20-17(24)14-11-21-16(25-14)10-12-2-4-13(18)5-3-12/h2-6,9,11H,7-8,10H2,1H3,(H,19,22)(H,20,24). The number of benzene rings is 1. The van der Waals surface area contributed by atoms with Gasteiger partial charge in [0.2, 0.25) is 0 Å².